The SMILES string of the molecule is CC(C)=CC(=O)N1CCC(Oc2cccc(C(=O)N(C)CCN(C)C)c2)CC1. The number of hydrogen-bond acceptors (Lipinski definition) is 4. The van der Waals surface area contributed by atoms with Gasteiger partial charge in [-0.05, 0) is 46.1 Å². The van der Waals surface area contributed by atoms with Gasteiger partial charge in [-0.2, -0.15) is 0 Å². The number of nitrogens with zero attached hydrogens (tertiary/aromatic N) is 3. The van der Waals surface area contributed by atoms with Crippen molar-refractivity contribution in [3.8, 4) is 5.75 Å². The van der Waals surface area contributed by atoms with E-state index in [1.54, 1.807) is 11.0 Å². The molecule has 0 bridgehead atoms. The molecule has 0 unspecified atom stereocenters. The molecule has 1 aliphatic heterocycles. The van der Waals surface area contributed by atoms with E-state index in [2.05, 4.69) is 4.90 Å². The van der Waals surface area contributed by atoms with Crippen molar-refractivity contribution in [1.82, 2.24) is 14.7 Å². The van der Waals surface area contributed by atoms with Gasteiger partial charge in [0.2, 0.25) is 5.91 Å². The molecule has 0 aromatic heterocycles. The fourth-order valence-corrected chi connectivity index (χ4v) is 3.10. The van der Waals surface area contributed by atoms with Crippen LogP contribution < -0.4 is 4.74 Å². The largest absolute Gasteiger partial charge is 0.490 e. The highest BCUT2D eigenvalue weighted by Crippen LogP contribution is 2.21. The van der Waals surface area contributed by atoms with Crippen LogP contribution in [0.1, 0.15) is 37.0 Å². The minimum Gasteiger partial charge on any atom is -0.490 e. The zero-order chi connectivity index (χ0) is 20.7. The lowest BCUT2D eigenvalue weighted by Crippen LogP contribution is -2.41. The van der Waals surface area contributed by atoms with Gasteiger partial charge in [0, 0.05) is 57.7 Å². The van der Waals surface area contributed by atoms with Crippen molar-refractivity contribution in [2.75, 3.05) is 47.3 Å². The molecule has 1 aliphatic rings. The molecule has 0 N–H and O–H groups in total. The monoisotopic (exact) mass is 387 g/mol. The summed E-state index contributed by atoms with van der Waals surface area (Å²) in [6.07, 6.45) is 3.34. The Hall–Kier alpha value is -2.34. The van der Waals surface area contributed by atoms with Crippen LogP contribution in [0.4, 0.5) is 0 Å². The van der Waals surface area contributed by atoms with Gasteiger partial charge in [-0.15, -0.1) is 0 Å². The number of benzene rings is 1. The maximum absolute atomic E-state index is 12.6. The molecule has 6 heteroatoms. The molecule has 1 heterocycles. The molecule has 2 rings (SSSR count). The number of hydrogen-bond donors (Lipinski definition) is 0. The number of amides is 2. The summed E-state index contributed by atoms with van der Waals surface area (Å²) in [7, 11) is 5.80. The Bertz CT molecular complexity index is 703. The fraction of sp³-hybridized carbons (Fsp3) is 0.545. The fourth-order valence-electron chi connectivity index (χ4n) is 3.10. The van der Waals surface area contributed by atoms with Gasteiger partial charge >= 0.3 is 0 Å². The van der Waals surface area contributed by atoms with Crippen molar-refractivity contribution in [2.45, 2.75) is 32.8 Å². The molecule has 0 spiro atoms. The Morgan fingerprint density at radius 1 is 1.14 bits per heavy atom. The van der Waals surface area contributed by atoms with Crippen LogP contribution in [0, 0.1) is 0 Å². The number of likely N-dealkylation sites (N-methyl/N-ethyl adjacent to an activating group) is 2. The molecule has 0 aliphatic carbocycles. The second-order valence-corrected chi connectivity index (χ2v) is 7.92. The summed E-state index contributed by atoms with van der Waals surface area (Å²) in [6, 6.07) is 7.38. The van der Waals surface area contributed by atoms with E-state index in [0.29, 0.717) is 30.9 Å². The summed E-state index contributed by atoms with van der Waals surface area (Å²) < 4.78 is 6.10. The van der Waals surface area contributed by atoms with E-state index >= 15 is 0 Å². The Balaban J connectivity index is 1.90. The van der Waals surface area contributed by atoms with Gasteiger partial charge in [0.25, 0.3) is 5.91 Å². The Labute approximate surface area is 168 Å². The standard InChI is InChI=1S/C22H33N3O3/c1-17(2)15-21(26)25-11-9-19(10-12-25)28-20-8-6-7-18(16-20)22(27)24(5)14-13-23(3)4/h6-8,15-16,19H,9-14H2,1-5H3. The van der Waals surface area contributed by atoms with Gasteiger partial charge in [-0.1, -0.05) is 11.6 Å². The number of ether oxygens (including phenoxy) is 1. The first kappa shape index (κ1) is 22.0. The maximum atomic E-state index is 12.6. The van der Waals surface area contributed by atoms with Gasteiger partial charge in [-0.25, -0.2) is 0 Å². The van der Waals surface area contributed by atoms with E-state index in [4.69, 9.17) is 4.74 Å². The molecule has 0 radical (unpaired) electrons. The number of rotatable bonds is 7. The average molecular weight is 388 g/mol. The molecule has 28 heavy (non-hydrogen) atoms. The molecule has 0 atom stereocenters. The van der Waals surface area contributed by atoms with E-state index < -0.39 is 0 Å². The third kappa shape index (κ3) is 6.68. The molecule has 1 aromatic carbocycles. The van der Waals surface area contributed by atoms with E-state index in [0.717, 1.165) is 25.0 Å². The Morgan fingerprint density at radius 3 is 2.43 bits per heavy atom. The van der Waals surface area contributed by atoms with Gasteiger partial charge in [0.15, 0.2) is 0 Å². The van der Waals surface area contributed by atoms with E-state index in [-0.39, 0.29) is 17.9 Å². The number of carbonyl (C=O) groups is 2. The van der Waals surface area contributed by atoms with E-state index in [1.807, 2.05) is 64.2 Å². The van der Waals surface area contributed by atoms with Crippen LogP contribution >= 0.6 is 0 Å². The normalized spacial score (nSPS) is 14.7. The second kappa shape index (κ2) is 10.3. The summed E-state index contributed by atoms with van der Waals surface area (Å²) in [5, 5.41) is 0. The number of carbonyl (C=O) groups excluding carboxylic acids is 2. The zero-order valence-corrected chi connectivity index (χ0v) is 17.8. The average Bonchev–Trinajstić information content (AvgIpc) is 2.65. The van der Waals surface area contributed by atoms with Crippen molar-refractivity contribution in [3.63, 3.8) is 0 Å². The van der Waals surface area contributed by atoms with E-state index in [9.17, 15) is 9.59 Å². The number of piperidine rings is 1. The van der Waals surface area contributed by atoms with Crippen LogP contribution in [-0.4, -0.2) is 79.9 Å². The van der Waals surface area contributed by atoms with E-state index in [1.165, 1.54) is 0 Å². The first-order chi connectivity index (χ1) is 13.3. The highest BCUT2D eigenvalue weighted by Gasteiger charge is 2.23. The van der Waals surface area contributed by atoms with Gasteiger partial charge in [-0.3, -0.25) is 9.59 Å². The predicted molar refractivity (Wildman–Crippen MR) is 112 cm³/mol. The third-order valence-corrected chi connectivity index (χ3v) is 4.78. The first-order valence-electron chi connectivity index (χ1n) is 9.87. The lowest BCUT2D eigenvalue weighted by molar-refractivity contribution is -0.127. The minimum atomic E-state index is -0.00515. The predicted octanol–water partition coefficient (Wildman–Crippen LogP) is 2.66. The Morgan fingerprint density at radius 2 is 1.82 bits per heavy atom. The molecule has 1 aromatic rings. The van der Waals surface area contributed by atoms with Crippen LogP contribution in [-0.2, 0) is 4.79 Å². The highest BCUT2D eigenvalue weighted by molar-refractivity contribution is 5.94. The van der Waals surface area contributed by atoms with Crippen LogP contribution in [0.5, 0.6) is 5.75 Å². The maximum Gasteiger partial charge on any atom is 0.253 e. The van der Waals surface area contributed by atoms with Crippen LogP contribution in [0.3, 0.4) is 0 Å². The van der Waals surface area contributed by atoms with Gasteiger partial charge in [0.1, 0.15) is 11.9 Å². The second-order valence-electron chi connectivity index (χ2n) is 7.92. The molecule has 154 valence electrons. The number of allylic oxidation sites excluding steroid dienone is 1. The zero-order valence-electron chi connectivity index (χ0n) is 17.8. The van der Waals surface area contributed by atoms with Crippen LogP contribution in [0.2, 0.25) is 0 Å². The Kier molecular flexibility index (Phi) is 8.05. The van der Waals surface area contributed by atoms with Crippen molar-refractivity contribution < 1.29 is 14.3 Å². The molecule has 2 amide bonds. The summed E-state index contributed by atoms with van der Waals surface area (Å²) >= 11 is 0. The quantitative estimate of drug-likeness (QED) is 0.675. The van der Waals surface area contributed by atoms with Gasteiger partial charge in [0.05, 0.1) is 0 Å². The topological polar surface area (TPSA) is 53.1 Å². The highest BCUT2D eigenvalue weighted by atomic mass is 16.5. The summed E-state index contributed by atoms with van der Waals surface area (Å²) in [4.78, 5) is 30.4. The smallest absolute Gasteiger partial charge is 0.253 e. The van der Waals surface area contributed by atoms with Crippen molar-refractivity contribution in [1.29, 1.82) is 0 Å². The lowest BCUT2D eigenvalue weighted by atomic mass is 10.1. The first-order valence-corrected chi connectivity index (χ1v) is 9.87. The molecular formula is C22H33N3O3. The minimum absolute atomic E-state index is 0.00515. The third-order valence-electron chi connectivity index (χ3n) is 4.78. The van der Waals surface area contributed by atoms with Crippen LogP contribution in [0.15, 0.2) is 35.9 Å². The molecule has 0 saturated carbocycles. The molecule has 6 nitrogen and oxygen atoms in total. The number of likely N-dealkylation sites (tertiary alicyclic amines) is 1. The molecule has 1 fully saturated rings. The summed E-state index contributed by atoms with van der Waals surface area (Å²) in [5.74, 6) is 0.780. The lowest BCUT2D eigenvalue weighted by Gasteiger charge is -2.31. The van der Waals surface area contributed by atoms with Crippen molar-refractivity contribution >= 4 is 11.8 Å². The van der Waals surface area contributed by atoms with Gasteiger partial charge < -0.3 is 19.4 Å². The summed E-state index contributed by atoms with van der Waals surface area (Å²) in [6.45, 7) is 6.75. The molecule has 1 saturated heterocycles. The summed E-state index contributed by atoms with van der Waals surface area (Å²) in [5.41, 5.74) is 1.65. The van der Waals surface area contributed by atoms with Crippen molar-refractivity contribution in [2.24, 2.45) is 0 Å². The van der Waals surface area contributed by atoms with Crippen LogP contribution in [0.25, 0.3) is 0 Å². The van der Waals surface area contributed by atoms with Crippen molar-refractivity contribution in [3.05, 3.63) is 41.5 Å². The molecular weight excluding hydrogens is 354 g/mol.